The summed E-state index contributed by atoms with van der Waals surface area (Å²) in [6.45, 7) is 0.577. The largest absolute Gasteiger partial charge is 0.478 e. The van der Waals surface area contributed by atoms with Crippen LogP contribution in [0.5, 0.6) is 0 Å². The van der Waals surface area contributed by atoms with Gasteiger partial charge >= 0.3 is 5.97 Å². The first-order valence-corrected chi connectivity index (χ1v) is 7.06. The first-order valence-electron chi connectivity index (χ1n) is 7.06. The number of nitrogens with zero attached hydrogens (tertiary/aromatic N) is 3. The Morgan fingerprint density at radius 3 is 2.81 bits per heavy atom. The van der Waals surface area contributed by atoms with Gasteiger partial charge in [-0.2, -0.15) is 0 Å². The highest BCUT2D eigenvalue weighted by atomic mass is 16.4. The van der Waals surface area contributed by atoms with Gasteiger partial charge in [-0.3, -0.25) is 0 Å². The van der Waals surface area contributed by atoms with Crippen molar-refractivity contribution in [1.29, 1.82) is 0 Å². The highest BCUT2D eigenvalue weighted by Gasteiger charge is 2.23. The lowest BCUT2D eigenvalue weighted by atomic mass is 10.2. The molecule has 1 saturated carbocycles. The number of fused-ring (bicyclic) bond motifs is 1. The van der Waals surface area contributed by atoms with Gasteiger partial charge in [-0.05, 0) is 36.5 Å². The van der Waals surface area contributed by atoms with Gasteiger partial charge in [0.05, 0.1) is 17.8 Å². The molecule has 1 fully saturated rings. The summed E-state index contributed by atoms with van der Waals surface area (Å²) in [5, 5.41) is 8.93. The standard InChI is InChI=1S/C16H15N3O2/c20-16(21)13-5-6-18(7-13)9-14-10-19-8-12(11-1-2-11)3-4-15(19)17-14/h3-8,10-11H,1-2,9H2,(H,20,21). The van der Waals surface area contributed by atoms with Crippen molar-refractivity contribution in [3.8, 4) is 0 Å². The highest BCUT2D eigenvalue weighted by molar-refractivity contribution is 5.87. The number of aromatic nitrogens is 3. The van der Waals surface area contributed by atoms with E-state index < -0.39 is 5.97 Å². The van der Waals surface area contributed by atoms with Gasteiger partial charge in [0.1, 0.15) is 5.65 Å². The van der Waals surface area contributed by atoms with Crippen LogP contribution in [0.1, 0.15) is 40.4 Å². The van der Waals surface area contributed by atoms with E-state index in [1.807, 2.05) is 10.8 Å². The molecule has 5 nitrogen and oxygen atoms in total. The van der Waals surface area contributed by atoms with E-state index in [1.54, 1.807) is 18.5 Å². The second kappa shape index (κ2) is 4.48. The number of hydrogen-bond donors (Lipinski definition) is 1. The number of rotatable bonds is 4. The zero-order valence-corrected chi connectivity index (χ0v) is 11.4. The number of pyridine rings is 1. The average Bonchev–Trinajstić information content (AvgIpc) is 3.07. The van der Waals surface area contributed by atoms with E-state index >= 15 is 0 Å². The Morgan fingerprint density at radius 1 is 1.24 bits per heavy atom. The second-order valence-electron chi connectivity index (χ2n) is 5.61. The molecule has 3 aromatic heterocycles. The molecule has 5 heteroatoms. The number of hydrogen-bond acceptors (Lipinski definition) is 2. The lowest BCUT2D eigenvalue weighted by Crippen LogP contribution is -1.98. The van der Waals surface area contributed by atoms with E-state index in [0.717, 1.165) is 17.3 Å². The molecular formula is C16H15N3O2. The summed E-state index contributed by atoms with van der Waals surface area (Å²) < 4.78 is 3.90. The normalized spacial score (nSPS) is 14.7. The van der Waals surface area contributed by atoms with Crippen LogP contribution in [0.15, 0.2) is 43.0 Å². The molecule has 4 rings (SSSR count). The predicted molar refractivity (Wildman–Crippen MR) is 77.7 cm³/mol. The quantitative estimate of drug-likeness (QED) is 0.800. The molecule has 0 radical (unpaired) electrons. The van der Waals surface area contributed by atoms with Crippen molar-refractivity contribution < 1.29 is 9.90 Å². The zero-order chi connectivity index (χ0) is 14.4. The molecule has 3 heterocycles. The Bertz CT molecular complexity index is 827. The number of carboxylic acids is 1. The summed E-state index contributed by atoms with van der Waals surface area (Å²) in [5.74, 6) is -0.180. The van der Waals surface area contributed by atoms with Gasteiger partial charge in [-0.15, -0.1) is 0 Å². The summed E-state index contributed by atoms with van der Waals surface area (Å²) in [4.78, 5) is 15.5. The molecule has 3 aromatic rings. The molecule has 0 saturated heterocycles. The third kappa shape index (κ3) is 2.31. The minimum atomic E-state index is -0.905. The fraction of sp³-hybridized carbons (Fsp3) is 0.250. The van der Waals surface area contributed by atoms with Crippen LogP contribution in [-0.2, 0) is 6.54 Å². The third-order valence-corrected chi connectivity index (χ3v) is 3.91. The maximum absolute atomic E-state index is 10.9. The molecule has 0 unspecified atom stereocenters. The molecule has 0 spiro atoms. The van der Waals surface area contributed by atoms with Crippen LogP contribution in [0.25, 0.3) is 5.65 Å². The molecule has 1 aliphatic carbocycles. The maximum Gasteiger partial charge on any atom is 0.337 e. The highest BCUT2D eigenvalue weighted by Crippen LogP contribution is 2.39. The van der Waals surface area contributed by atoms with Crippen molar-refractivity contribution in [2.45, 2.75) is 25.3 Å². The lowest BCUT2D eigenvalue weighted by molar-refractivity contribution is 0.0697. The molecule has 0 aromatic carbocycles. The fourth-order valence-electron chi connectivity index (χ4n) is 2.65. The molecule has 0 aliphatic heterocycles. The Hall–Kier alpha value is -2.56. The van der Waals surface area contributed by atoms with E-state index in [-0.39, 0.29) is 0 Å². The van der Waals surface area contributed by atoms with Crippen LogP contribution in [0.4, 0.5) is 0 Å². The van der Waals surface area contributed by atoms with Gasteiger partial charge in [0, 0.05) is 24.8 Å². The Labute approximate surface area is 121 Å². The first kappa shape index (κ1) is 12.2. The van der Waals surface area contributed by atoms with E-state index in [1.165, 1.54) is 18.4 Å². The van der Waals surface area contributed by atoms with E-state index in [9.17, 15) is 4.79 Å². The zero-order valence-electron chi connectivity index (χ0n) is 11.4. The topological polar surface area (TPSA) is 59.5 Å². The maximum atomic E-state index is 10.9. The molecule has 0 atom stereocenters. The summed E-state index contributed by atoms with van der Waals surface area (Å²) in [7, 11) is 0. The van der Waals surface area contributed by atoms with Crippen molar-refractivity contribution >= 4 is 11.6 Å². The van der Waals surface area contributed by atoms with E-state index in [0.29, 0.717) is 12.1 Å². The smallest absolute Gasteiger partial charge is 0.337 e. The van der Waals surface area contributed by atoms with Gasteiger partial charge in [0.2, 0.25) is 0 Å². The van der Waals surface area contributed by atoms with Crippen LogP contribution in [0.2, 0.25) is 0 Å². The van der Waals surface area contributed by atoms with Crippen LogP contribution in [0.3, 0.4) is 0 Å². The van der Waals surface area contributed by atoms with E-state index in [2.05, 4.69) is 27.7 Å². The van der Waals surface area contributed by atoms with Crippen molar-refractivity contribution in [2.24, 2.45) is 0 Å². The van der Waals surface area contributed by atoms with Gasteiger partial charge in [-0.1, -0.05) is 6.07 Å². The summed E-state index contributed by atoms with van der Waals surface area (Å²) in [6.07, 6.45) is 10.1. The van der Waals surface area contributed by atoms with Gasteiger partial charge in [-0.25, -0.2) is 9.78 Å². The molecule has 0 bridgehead atoms. The van der Waals surface area contributed by atoms with Crippen LogP contribution in [0, 0.1) is 0 Å². The summed E-state index contributed by atoms with van der Waals surface area (Å²) >= 11 is 0. The summed E-state index contributed by atoms with van der Waals surface area (Å²) in [5.41, 5.74) is 3.53. The number of aromatic carboxylic acids is 1. The SMILES string of the molecule is O=C(O)c1ccn(Cc2cn3cc(C4CC4)ccc3n2)c1. The van der Waals surface area contributed by atoms with Crippen LogP contribution < -0.4 is 0 Å². The van der Waals surface area contributed by atoms with Crippen molar-refractivity contribution in [3.05, 3.63) is 59.8 Å². The molecule has 0 amide bonds. The average molecular weight is 281 g/mol. The molecule has 1 N–H and O–H groups in total. The Balaban J connectivity index is 1.61. The fourth-order valence-corrected chi connectivity index (χ4v) is 2.65. The monoisotopic (exact) mass is 281 g/mol. The minimum absolute atomic E-state index is 0.301. The summed E-state index contributed by atoms with van der Waals surface area (Å²) in [6, 6.07) is 5.81. The minimum Gasteiger partial charge on any atom is -0.478 e. The molecule has 21 heavy (non-hydrogen) atoms. The number of imidazole rings is 1. The first-order chi connectivity index (χ1) is 10.2. The van der Waals surface area contributed by atoms with Gasteiger partial charge in [0.25, 0.3) is 0 Å². The van der Waals surface area contributed by atoms with Gasteiger partial charge < -0.3 is 14.1 Å². The van der Waals surface area contributed by atoms with Gasteiger partial charge in [0.15, 0.2) is 0 Å². The third-order valence-electron chi connectivity index (χ3n) is 3.91. The number of carboxylic acid groups (broad SMARTS) is 1. The van der Waals surface area contributed by atoms with Crippen molar-refractivity contribution in [1.82, 2.24) is 14.0 Å². The lowest BCUT2D eigenvalue weighted by Gasteiger charge is -1.98. The van der Waals surface area contributed by atoms with Crippen LogP contribution in [-0.4, -0.2) is 25.0 Å². The molecule has 1 aliphatic rings. The predicted octanol–water partition coefficient (Wildman–Crippen LogP) is 2.76. The van der Waals surface area contributed by atoms with Crippen molar-refractivity contribution in [2.75, 3.05) is 0 Å². The van der Waals surface area contributed by atoms with Crippen molar-refractivity contribution in [3.63, 3.8) is 0 Å². The molecular weight excluding hydrogens is 266 g/mol. The Morgan fingerprint density at radius 2 is 2.10 bits per heavy atom. The second-order valence-corrected chi connectivity index (χ2v) is 5.61. The Kier molecular flexibility index (Phi) is 2.60. The van der Waals surface area contributed by atoms with E-state index in [4.69, 9.17) is 5.11 Å². The van der Waals surface area contributed by atoms with Crippen LogP contribution >= 0.6 is 0 Å². The molecule has 106 valence electrons. The number of carbonyl (C=O) groups is 1.